The van der Waals surface area contributed by atoms with Crippen molar-refractivity contribution in [2.75, 3.05) is 19.8 Å². The van der Waals surface area contributed by atoms with Gasteiger partial charge in [0, 0.05) is 6.92 Å². The molecule has 0 unspecified atom stereocenters. The molecule has 0 aliphatic heterocycles. The van der Waals surface area contributed by atoms with Crippen LogP contribution in [0.25, 0.3) is 0 Å². The minimum atomic E-state index is -0.498. The molecule has 0 fully saturated rings. The van der Waals surface area contributed by atoms with Crippen LogP contribution in [-0.2, 0) is 14.3 Å². The second-order valence-electron chi connectivity index (χ2n) is 4.28. The average molecular weight is 343 g/mol. The van der Waals surface area contributed by atoms with E-state index in [2.05, 4.69) is 10.5 Å². The highest BCUT2D eigenvalue weighted by atomic mass is 35.5. The number of esters is 1. The summed E-state index contributed by atoms with van der Waals surface area (Å²) in [6, 6.07) is 3.22. The summed E-state index contributed by atoms with van der Waals surface area (Å²) in [5.74, 6) is -0.166. The maximum atomic E-state index is 11.4. The zero-order chi connectivity index (χ0) is 17.2. The van der Waals surface area contributed by atoms with E-state index in [0.29, 0.717) is 17.9 Å². The summed E-state index contributed by atoms with van der Waals surface area (Å²) < 4.78 is 15.6. The second-order valence-corrected chi connectivity index (χ2v) is 4.69. The van der Waals surface area contributed by atoms with Gasteiger partial charge in [-0.05, 0) is 31.5 Å². The average Bonchev–Trinajstić information content (AvgIpc) is 2.46. The van der Waals surface area contributed by atoms with Crippen molar-refractivity contribution in [1.82, 2.24) is 5.43 Å². The van der Waals surface area contributed by atoms with Crippen LogP contribution in [0, 0.1) is 0 Å². The number of nitrogens with zero attached hydrogens (tertiary/aromatic N) is 1. The fourth-order valence-electron chi connectivity index (χ4n) is 1.60. The number of rotatable bonds is 8. The molecule has 8 heteroatoms. The van der Waals surface area contributed by atoms with Crippen LogP contribution in [0.5, 0.6) is 11.5 Å². The fourth-order valence-corrected chi connectivity index (χ4v) is 1.87. The topological polar surface area (TPSA) is 86.2 Å². The van der Waals surface area contributed by atoms with Crippen LogP contribution in [0.3, 0.4) is 0 Å². The first kappa shape index (κ1) is 18.8. The Morgan fingerprint density at radius 2 is 2.00 bits per heavy atom. The molecule has 0 radical (unpaired) electrons. The Morgan fingerprint density at radius 1 is 1.26 bits per heavy atom. The molecule has 0 spiro atoms. The Hall–Kier alpha value is -2.28. The molecule has 0 aliphatic carbocycles. The maximum absolute atomic E-state index is 11.4. The van der Waals surface area contributed by atoms with E-state index in [1.54, 1.807) is 26.0 Å². The van der Waals surface area contributed by atoms with Crippen molar-refractivity contribution >= 4 is 29.7 Å². The summed E-state index contributed by atoms with van der Waals surface area (Å²) in [7, 11) is 0. The number of hydrogen-bond acceptors (Lipinski definition) is 6. The van der Waals surface area contributed by atoms with Gasteiger partial charge in [0.15, 0.2) is 18.1 Å². The van der Waals surface area contributed by atoms with E-state index in [1.165, 1.54) is 13.1 Å². The lowest BCUT2D eigenvalue weighted by Gasteiger charge is -2.13. The Bertz CT molecular complexity index is 589. The third-order valence-corrected chi connectivity index (χ3v) is 2.69. The molecule has 0 atom stereocenters. The van der Waals surface area contributed by atoms with E-state index in [0.717, 1.165) is 0 Å². The molecule has 0 aliphatic rings. The van der Waals surface area contributed by atoms with Crippen molar-refractivity contribution in [2.24, 2.45) is 5.10 Å². The van der Waals surface area contributed by atoms with E-state index in [9.17, 15) is 9.59 Å². The van der Waals surface area contributed by atoms with Gasteiger partial charge in [0.2, 0.25) is 5.91 Å². The summed E-state index contributed by atoms with van der Waals surface area (Å²) in [4.78, 5) is 22.2. The summed E-state index contributed by atoms with van der Waals surface area (Å²) >= 11 is 6.17. The van der Waals surface area contributed by atoms with Crippen LogP contribution in [0.2, 0.25) is 5.02 Å². The van der Waals surface area contributed by atoms with Crippen LogP contribution in [-0.4, -0.2) is 37.9 Å². The van der Waals surface area contributed by atoms with Gasteiger partial charge in [-0.15, -0.1) is 0 Å². The van der Waals surface area contributed by atoms with Crippen LogP contribution in [0.15, 0.2) is 17.2 Å². The number of carbonyl (C=O) groups is 2. The number of amides is 1. The number of halogens is 1. The first-order valence-corrected chi connectivity index (χ1v) is 7.40. The largest absolute Gasteiger partial charge is 0.490 e. The molecule has 0 aromatic heterocycles. The molecule has 0 bridgehead atoms. The molecule has 1 amide bonds. The van der Waals surface area contributed by atoms with Crippen molar-refractivity contribution in [1.29, 1.82) is 0 Å². The lowest BCUT2D eigenvalue weighted by atomic mass is 10.2. The second kappa shape index (κ2) is 9.68. The first-order chi connectivity index (χ1) is 11.0. The van der Waals surface area contributed by atoms with Gasteiger partial charge in [-0.2, -0.15) is 5.10 Å². The highest BCUT2D eigenvalue weighted by molar-refractivity contribution is 6.32. The van der Waals surface area contributed by atoms with Gasteiger partial charge in [0.25, 0.3) is 0 Å². The Morgan fingerprint density at radius 3 is 2.61 bits per heavy atom. The summed E-state index contributed by atoms with van der Waals surface area (Å²) in [6.45, 7) is 5.25. The van der Waals surface area contributed by atoms with Crippen molar-refractivity contribution in [3.05, 3.63) is 22.7 Å². The van der Waals surface area contributed by atoms with Gasteiger partial charge < -0.3 is 14.2 Å². The number of hydrazone groups is 1. The van der Waals surface area contributed by atoms with Crippen LogP contribution in [0.4, 0.5) is 0 Å². The minimum Gasteiger partial charge on any atom is -0.490 e. The van der Waals surface area contributed by atoms with E-state index in [-0.39, 0.29) is 29.9 Å². The first-order valence-electron chi connectivity index (χ1n) is 7.02. The van der Waals surface area contributed by atoms with Crippen LogP contribution >= 0.6 is 11.6 Å². The number of nitrogens with one attached hydrogen (secondary N) is 1. The van der Waals surface area contributed by atoms with Crippen molar-refractivity contribution in [3.8, 4) is 11.5 Å². The zero-order valence-electron chi connectivity index (χ0n) is 13.2. The maximum Gasteiger partial charge on any atom is 0.344 e. The van der Waals surface area contributed by atoms with Crippen molar-refractivity contribution in [3.63, 3.8) is 0 Å². The van der Waals surface area contributed by atoms with E-state index < -0.39 is 5.97 Å². The number of hydrogen-bond donors (Lipinski definition) is 1. The van der Waals surface area contributed by atoms with E-state index in [1.807, 2.05) is 0 Å². The quantitative estimate of drug-likeness (QED) is 0.444. The third kappa shape index (κ3) is 6.56. The molecule has 7 nitrogen and oxygen atoms in total. The Labute approximate surface area is 139 Å². The van der Waals surface area contributed by atoms with Crippen LogP contribution in [0.1, 0.15) is 26.3 Å². The molecule has 1 N–H and O–H groups in total. The highest BCUT2D eigenvalue weighted by Gasteiger charge is 2.14. The summed E-state index contributed by atoms with van der Waals surface area (Å²) in [5.41, 5.74) is 2.89. The number of ether oxygens (including phenoxy) is 3. The fraction of sp³-hybridized carbons (Fsp3) is 0.400. The van der Waals surface area contributed by atoms with E-state index in [4.69, 9.17) is 25.8 Å². The molecular formula is C15H19ClN2O5. The van der Waals surface area contributed by atoms with Crippen LogP contribution < -0.4 is 14.9 Å². The normalized spacial score (nSPS) is 10.4. The zero-order valence-corrected chi connectivity index (χ0v) is 14.0. The molecule has 1 aromatic rings. The van der Waals surface area contributed by atoms with Gasteiger partial charge in [0.05, 0.1) is 24.5 Å². The molecule has 1 rings (SSSR count). The smallest absolute Gasteiger partial charge is 0.344 e. The van der Waals surface area contributed by atoms with Gasteiger partial charge in [-0.3, -0.25) is 4.79 Å². The van der Waals surface area contributed by atoms with E-state index >= 15 is 0 Å². The SMILES string of the molecule is CCOC(=O)COc1c(Cl)cc(/C=N\NC(C)=O)cc1OCC. The lowest BCUT2D eigenvalue weighted by Crippen LogP contribution is -2.15. The van der Waals surface area contributed by atoms with Gasteiger partial charge >= 0.3 is 5.97 Å². The Kier molecular flexibility index (Phi) is 7.90. The molecule has 0 saturated carbocycles. The van der Waals surface area contributed by atoms with Gasteiger partial charge in [0.1, 0.15) is 0 Å². The molecule has 23 heavy (non-hydrogen) atoms. The third-order valence-electron chi connectivity index (χ3n) is 2.41. The summed E-state index contributed by atoms with van der Waals surface area (Å²) in [5, 5.41) is 4.01. The van der Waals surface area contributed by atoms with Gasteiger partial charge in [-0.1, -0.05) is 11.6 Å². The predicted octanol–water partition coefficient (Wildman–Crippen LogP) is 2.15. The van der Waals surface area contributed by atoms with Gasteiger partial charge in [-0.25, -0.2) is 10.2 Å². The Balaban J connectivity index is 2.94. The molecule has 126 valence electrons. The lowest BCUT2D eigenvalue weighted by molar-refractivity contribution is -0.145. The molecule has 0 heterocycles. The molecule has 0 saturated heterocycles. The number of benzene rings is 1. The molecule has 1 aromatic carbocycles. The summed E-state index contributed by atoms with van der Waals surface area (Å²) in [6.07, 6.45) is 1.42. The van der Waals surface area contributed by atoms with Crippen molar-refractivity contribution < 1.29 is 23.8 Å². The molecular weight excluding hydrogens is 324 g/mol. The monoisotopic (exact) mass is 342 g/mol. The van der Waals surface area contributed by atoms with Crippen molar-refractivity contribution in [2.45, 2.75) is 20.8 Å². The highest BCUT2D eigenvalue weighted by Crippen LogP contribution is 2.36. The minimum absolute atomic E-state index is 0.248. The number of carbonyl (C=O) groups excluding carboxylic acids is 2. The standard InChI is InChI=1S/C15H19ClN2O5/c1-4-21-13-7-11(8-17-18-10(3)19)6-12(16)15(13)23-9-14(20)22-5-2/h6-8H,4-5,9H2,1-3H3,(H,18,19)/b17-8-. The predicted molar refractivity (Wildman–Crippen MR) is 86.2 cm³/mol.